The minimum atomic E-state index is -0.436. The molecule has 3 atom stereocenters. The molecule has 5 heteroatoms. The largest absolute Gasteiger partial charge is 0.444 e. The maximum atomic E-state index is 11.6. The van der Waals surface area contributed by atoms with Crippen LogP contribution in [0.1, 0.15) is 40.0 Å². The Hall–Kier alpha value is -0.810. The average Bonchev–Trinajstić information content (AvgIpc) is 3.09. The number of carbonyl (C=O) groups excluding carboxylic acids is 1. The lowest BCUT2D eigenvalue weighted by molar-refractivity contribution is 0.0521. The summed E-state index contributed by atoms with van der Waals surface area (Å²) in [5.41, 5.74) is -0.436. The molecule has 0 aromatic rings. The standard InChI is InChI=1S/C14H26N2O3/c1-14(2,3)19-13(17)16-11-7-10(11)15-12(8-18-4)9-5-6-9/h9-12,15H,5-8H2,1-4H3,(H,16,17). The average molecular weight is 270 g/mol. The molecule has 2 aliphatic carbocycles. The van der Waals surface area contributed by atoms with E-state index in [0.717, 1.165) is 18.9 Å². The van der Waals surface area contributed by atoms with E-state index in [9.17, 15) is 4.79 Å². The molecule has 0 aromatic carbocycles. The van der Waals surface area contributed by atoms with Crippen molar-refractivity contribution in [3.63, 3.8) is 0 Å². The lowest BCUT2D eigenvalue weighted by atomic mass is 10.2. The molecule has 0 saturated heterocycles. The van der Waals surface area contributed by atoms with Crippen LogP contribution in [0, 0.1) is 5.92 Å². The van der Waals surface area contributed by atoms with E-state index in [2.05, 4.69) is 10.6 Å². The molecule has 0 aliphatic heterocycles. The van der Waals surface area contributed by atoms with Gasteiger partial charge in [0.1, 0.15) is 5.60 Å². The first-order valence-corrected chi connectivity index (χ1v) is 7.13. The van der Waals surface area contributed by atoms with Gasteiger partial charge in [-0.15, -0.1) is 0 Å². The lowest BCUT2D eigenvalue weighted by Gasteiger charge is -2.20. The highest BCUT2D eigenvalue weighted by Crippen LogP contribution is 2.34. The first-order chi connectivity index (χ1) is 8.89. The zero-order chi connectivity index (χ0) is 14.0. The summed E-state index contributed by atoms with van der Waals surface area (Å²) in [5.74, 6) is 0.753. The van der Waals surface area contributed by atoms with Crippen molar-refractivity contribution in [2.75, 3.05) is 13.7 Å². The molecule has 2 fully saturated rings. The fraction of sp³-hybridized carbons (Fsp3) is 0.929. The number of hydrogen-bond acceptors (Lipinski definition) is 4. The smallest absolute Gasteiger partial charge is 0.407 e. The maximum absolute atomic E-state index is 11.6. The van der Waals surface area contributed by atoms with Gasteiger partial charge in [-0.05, 0) is 46.0 Å². The minimum absolute atomic E-state index is 0.202. The Kier molecular flexibility index (Phi) is 4.36. The summed E-state index contributed by atoms with van der Waals surface area (Å²) < 4.78 is 10.5. The van der Waals surface area contributed by atoms with Crippen LogP contribution < -0.4 is 10.6 Å². The van der Waals surface area contributed by atoms with Crippen molar-refractivity contribution in [2.24, 2.45) is 5.92 Å². The van der Waals surface area contributed by atoms with Gasteiger partial charge in [-0.3, -0.25) is 0 Å². The van der Waals surface area contributed by atoms with Crippen LogP contribution >= 0.6 is 0 Å². The van der Waals surface area contributed by atoms with Crippen LogP contribution in [-0.2, 0) is 9.47 Å². The van der Waals surface area contributed by atoms with Gasteiger partial charge in [0.2, 0.25) is 0 Å². The SMILES string of the molecule is COCC(NC1CC1NC(=O)OC(C)(C)C)C1CC1. The highest BCUT2D eigenvalue weighted by Gasteiger charge is 2.43. The highest BCUT2D eigenvalue weighted by molar-refractivity contribution is 5.68. The van der Waals surface area contributed by atoms with E-state index in [1.165, 1.54) is 12.8 Å². The second kappa shape index (κ2) is 5.67. The minimum Gasteiger partial charge on any atom is -0.444 e. The number of methoxy groups -OCH3 is 1. The Labute approximate surface area is 115 Å². The molecule has 19 heavy (non-hydrogen) atoms. The Bertz CT molecular complexity index is 323. The van der Waals surface area contributed by atoms with E-state index in [-0.39, 0.29) is 12.1 Å². The van der Waals surface area contributed by atoms with Crippen LogP contribution in [0.2, 0.25) is 0 Å². The topological polar surface area (TPSA) is 59.6 Å². The van der Waals surface area contributed by atoms with Crippen molar-refractivity contribution in [1.82, 2.24) is 10.6 Å². The molecule has 2 N–H and O–H groups in total. The van der Waals surface area contributed by atoms with E-state index in [4.69, 9.17) is 9.47 Å². The van der Waals surface area contributed by atoms with Crippen molar-refractivity contribution < 1.29 is 14.3 Å². The third-order valence-electron chi connectivity index (χ3n) is 3.46. The van der Waals surface area contributed by atoms with Crippen LogP contribution in [0.5, 0.6) is 0 Å². The van der Waals surface area contributed by atoms with E-state index in [1.807, 2.05) is 20.8 Å². The Morgan fingerprint density at radius 2 is 2.00 bits per heavy atom. The van der Waals surface area contributed by atoms with Crippen LogP contribution in [0.15, 0.2) is 0 Å². The van der Waals surface area contributed by atoms with Crippen molar-refractivity contribution in [3.05, 3.63) is 0 Å². The van der Waals surface area contributed by atoms with E-state index >= 15 is 0 Å². The first kappa shape index (κ1) is 14.6. The molecule has 1 amide bonds. The van der Waals surface area contributed by atoms with Crippen LogP contribution in [0.25, 0.3) is 0 Å². The molecule has 0 radical (unpaired) electrons. The molecular weight excluding hydrogens is 244 g/mol. The number of rotatable bonds is 6. The summed E-state index contributed by atoms with van der Waals surface area (Å²) >= 11 is 0. The van der Waals surface area contributed by atoms with Crippen LogP contribution in [0.4, 0.5) is 4.79 Å². The Morgan fingerprint density at radius 1 is 1.32 bits per heavy atom. The summed E-state index contributed by atoms with van der Waals surface area (Å²) in [4.78, 5) is 11.6. The predicted octanol–water partition coefficient (Wildman–Crippen LogP) is 1.67. The quantitative estimate of drug-likeness (QED) is 0.771. The van der Waals surface area contributed by atoms with Crippen molar-refractivity contribution in [2.45, 2.75) is 63.8 Å². The number of hydrogen-bond donors (Lipinski definition) is 2. The molecule has 0 aromatic heterocycles. The second-order valence-corrected chi connectivity index (χ2v) is 6.66. The Balaban J connectivity index is 1.67. The summed E-state index contributed by atoms with van der Waals surface area (Å²) in [6.45, 7) is 6.37. The second-order valence-electron chi connectivity index (χ2n) is 6.66. The van der Waals surface area contributed by atoms with E-state index in [1.54, 1.807) is 7.11 Å². The molecule has 2 saturated carbocycles. The van der Waals surface area contributed by atoms with E-state index < -0.39 is 5.60 Å². The number of nitrogens with one attached hydrogen (secondary N) is 2. The van der Waals surface area contributed by atoms with Gasteiger partial charge in [-0.1, -0.05) is 0 Å². The van der Waals surface area contributed by atoms with Gasteiger partial charge in [-0.25, -0.2) is 4.79 Å². The normalized spacial score (nSPS) is 27.8. The summed E-state index contributed by atoms with van der Waals surface area (Å²) in [5, 5.41) is 6.48. The number of ether oxygens (including phenoxy) is 2. The van der Waals surface area contributed by atoms with Gasteiger partial charge in [-0.2, -0.15) is 0 Å². The molecule has 0 bridgehead atoms. The zero-order valence-corrected chi connectivity index (χ0v) is 12.4. The van der Waals surface area contributed by atoms with Gasteiger partial charge in [0, 0.05) is 25.2 Å². The first-order valence-electron chi connectivity index (χ1n) is 7.13. The molecule has 2 rings (SSSR count). The number of carbonyl (C=O) groups is 1. The molecule has 2 aliphatic rings. The predicted molar refractivity (Wildman–Crippen MR) is 73.1 cm³/mol. The maximum Gasteiger partial charge on any atom is 0.407 e. The molecule has 0 spiro atoms. The van der Waals surface area contributed by atoms with Crippen LogP contribution in [-0.4, -0.2) is 43.5 Å². The lowest BCUT2D eigenvalue weighted by Crippen LogP contribution is -2.41. The van der Waals surface area contributed by atoms with Gasteiger partial charge in [0.05, 0.1) is 6.61 Å². The fourth-order valence-corrected chi connectivity index (χ4v) is 2.27. The Morgan fingerprint density at radius 3 is 2.53 bits per heavy atom. The van der Waals surface area contributed by atoms with Crippen LogP contribution in [0.3, 0.4) is 0 Å². The fourth-order valence-electron chi connectivity index (χ4n) is 2.27. The molecule has 110 valence electrons. The summed E-state index contributed by atoms with van der Waals surface area (Å²) in [7, 11) is 1.74. The monoisotopic (exact) mass is 270 g/mol. The highest BCUT2D eigenvalue weighted by atomic mass is 16.6. The van der Waals surface area contributed by atoms with Gasteiger partial charge in [0.25, 0.3) is 0 Å². The van der Waals surface area contributed by atoms with Gasteiger partial charge >= 0.3 is 6.09 Å². The summed E-state index contributed by atoms with van der Waals surface area (Å²) in [6, 6.07) is 1.00. The van der Waals surface area contributed by atoms with Crippen molar-refractivity contribution >= 4 is 6.09 Å². The molecule has 0 heterocycles. The summed E-state index contributed by atoms with van der Waals surface area (Å²) in [6.07, 6.45) is 3.23. The number of alkyl carbamates (subject to hydrolysis) is 1. The number of amides is 1. The third kappa shape index (κ3) is 4.99. The molecule has 5 nitrogen and oxygen atoms in total. The van der Waals surface area contributed by atoms with Gasteiger partial charge in [0.15, 0.2) is 0 Å². The van der Waals surface area contributed by atoms with Crippen molar-refractivity contribution in [3.8, 4) is 0 Å². The molecule has 3 unspecified atom stereocenters. The van der Waals surface area contributed by atoms with Crippen molar-refractivity contribution in [1.29, 1.82) is 0 Å². The van der Waals surface area contributed by atoms with Gasteiger partial charge < -0.3 is 20.1 Å². The zero-order valence-electron chi connectivity index (χ0n) is 12.4. The molecular formula is C14H26N2O3. The van der Waals surface area contributed by atoms with E-state index in [0.29, 0.717) is 12.1 Å². The third-order valence-corrected chi connectivity index (χ3v) is 3.46.